The van der Waals surface area contributed by atoms with Crippen molar-refractivity contribution in [2.75, 3.05) is 0 Å². The van der Waals surface area contributed by atoms with E-state index in [-0.39, 0.29) is 0 Å². The lowest BCUT2D eigenvalue weighted by Crippen LogP contribution is -2.09. The summed E-state index contributed by atoms with van der Waals surface area (Å²) in [5.41, 5.74) is 0. The molecule has 0 saturated heterocycles. The van der Waals surface area contributed by atoms with Gasteiger partial charge >= 0.3 is 0 Å². The molecule has 0 N–H and O–H groups in total. The predicted octanol–water partition coefficient (Wildman–Crippen LogP) is 6.20. The lowest BCUT2D eigenvalue weighted by molar-refractivity contribution is 0.315. The summed E-state index contributed by atoms with van der Waals surface area (Å²) in [6.45, 7) is 7.23. The van der Waals surface area contributed by atoms with Gasteiger partial charge in [-0.1, -0.05) is 85.0 Å². The van der Waals surface area contributed by atoms with Crippen molar-refractivity contribution in [3.63, 3.8) is 0 Å². The third-order valence-electron chi connectivity index (χ3n) is 4.91. The molecule has 0 aromatic rings. The minimum absolute atomic E-state index is 0.975. The molecule has 1 saturated carbocycles. The van der Waals surface area contributed by atoms with Crippen LogP contribution in [0, 0.1) is 17.8 Å². The van der Waals surface area contributed by atoms with Crippen LogP contribution in [0.4, 0.5) is 0 Å². The van der Waals surface area contributed by atoms with Crippen molar-refractivity contribution in [1.82, 2.24) is 0 Å². The Morgan fingerprint density at radius 1 is 0.824 bits per heavy atom. The summed E-state index contributed by atoms with van der Waals surface area (Å²) < 4.78 is 0. The Hall–Kier alpha value is 0. The van der Waals surface area contributed by atoms with E-state index in [1.54, 1.807) is 0 Å². The molecule has 1 aliphatic carbocycles. The SMILES string of the molecule is CCCCCCCCC1CCCC(C)C(C)C1. The zero-order valence-electron chi connectivity index (χ0n) is 12.5. The lowest BCUT2D eigenvalue weighted by Gasteiger charge is -2.20. The molecule has 0 aromatic carbocycles. The summed E-state index contributed by atoms with van der Waals surface area (Å²) in [6.07, 6.45) is 16.3. The zero-order chi connectivity index (χ0) is 12.5. The van der Waals surface area contributed by atoms with Crippen molar-refractivity contribution >= 4 is 0 Å². The van der Waals surface area contributed by atoms with E-state index >= 15 is 0 Å². The van der Waals surface area contributed by atoms with E-state index < -0.39 is 0 Å². The molecule has 0 heteroatoms. The Morgan fingerprint density at radius 3 is 2.29 bits per heavy atom. The van der Waals surface area contributed by atoms with Gasteiger partial charge in [0.25, 0.3) is 0 Å². The quantitative estimate of drug-likeness (QED) is 0.366. The van der Waals surface area contributed by atoms with Gasteiger partial charge in [0.1, 0.15) is 0 Å². The fraction of sp³-hybridized carbons (Fsp3) is 1.00. The van der Waals surface area contributed by atoms with Crippen LogP contribution >= 0.6 is 0 Å². The molecule has 0 bridgehead atoms. The molecule has 1 aliphatic rings. The van der Waals surface area contributed by atoms with Crippen LogP contribution in [0.15, 0.2) is 0 Å². The van der Waals surface area contributed by atoms with Gasteiger partial charge in [-0.25, -0.2) is 0 Å². The largest absolute Gasteiger partial charge is 0.0654 e. The Bertz CT molecular complexity index is 173. The highest BCUT2D eigenvalue weighted by molar-refractivity contribution is 4.73. The first-order chi connectivity index (χ1) is 8.24. The van der Waals surface area contributed by atoms with Crippen molar-refractivity contribution in [3.8, 4) is 0 Å². The first-order valence-electron chi connectivity index (χ1n) is 8.24. The third kappa shape index (κ3) is 6.48. The molecule has 0 radical (unpaired) electrons. The van der Waals surface area contributed by atoms with Crippen molar-refractivity contribution in [3.05, 3.63) is 0 Å². The fourth-order valence-corrected chi connectivity index (χ4v) is 3.36. The van der Waals surface area contributed by atoms with Gasteiger partial charge in [-0.2, -0.15) is 0 Å². The van der Waals surface area contributed by atoms with Crippen LogP contribution in [-0.2, 0) is 0 Å². The summed E-state index contributed by atoms with van der Waals surface area (Å²) in [5.74, 6) is 3.01. The van der Waals surface area contributed by atoms with E-state index in [2.05, 4.69) is 20.8 Å². The Balaban J connectivity index is 2.06. The smallest absolute Gasteiger partial charge is 0.0412 e. The van der Waals surface area contributed by atoms with Crippen molar-refractivity contribution in [1.29, 1.82) is 0 Å². The maximum Gasteiger partial charge on any atom is -0.0412 e. The third-order valence-corrected chi connectivity index (χ3v) is 4.91. The maximum atomic E-state index is 2.48. The van der Waals surface area contributed by atoms with Gasteiger partial charge in [-0.05, 0) is 24.2 Å². The molecule has 1 fully saturated rings. The van der Waals surface area contributed by atoms with E-state index in [1.165, 1.54) is 70.6 Å². The van der Waals surface area contributed by atoms with E-state index in [1.807, 2.05) is 0 Å². The molecule has 1 rings (SSSR count). The maximum absolute atomic E-state index is 2.48. The van der Waals surface area contributed by atoms with Gasteiger partial charge < -0.3 is 0 Å². The van der Waals surface area contributed by atoms with E-state index in [0.717, 1.165) is 17.8 Å². The molecule has 0 aliphatic heterocycles. The van der Waals surface area contributed by atoms with Crippen LogP contribution in [0.25, 0.3) is 0 Å². The van der Waals surface area contributed by atoms with Gasteiger partial charge in [0.15, 0.2) is 0 Å². The molecule has 3 unspecified atom stereocenters. The first kappa shape index (κ1) is 15.1. The van der Waals surface area contributed by atoms with Gasteiger partial charge in [0.2, 0.25) is 0 Å². The topological polar surface area (TPSA) is 0 Å². The van der Waals surface area contributed by atoms with Crippen molar-refractivity contribution in [2.45, 2.75) is 91.4 Å². The molecule has 0 nitrogen and oxygen atoms in total. The van der Waals surface area contributed by atoms with Gasteiger partial charge in [0, 0.05) is 0 Å². The molecule has 0 heterocycles. The van der Waals surface area contributed by atoms with Gasteiger partial charge in [-0.3, -0.25) is 0 Å². The number of hydrogen-bond donors (Lipinski definition) is 0. The average Bonchev–Trinajstić information content (AvgIpc) is 2.47. The standard InChI is InChI=1S/C17H34/c1-4-5-6-7-8-9-12-17-13-10-11-15(2)16(3)14-17/h15-17H,4-14H2,1-3H3. The highest BCUT2D eigenvalue weighted by atomic mass is 14.3. The first-order valence-corrected chi connectivity index (χ1v) is 8.24. The second kappa shape index (κ2) is 9.00. The molecule has 17 heavy (non-hydrogen) atoms. The lowest BCUT2D eigenvalue weighted by atomic mass is 9.86. The normalized spacial score (nSPS) is 30.2. The monoisotopic (exact) mass is 238 g/mol. The highest BCUT2D eigenvalue weighted by Crippen LogP contribution is 2.34. The van der Waals surface area contributed by atoms with Gasteiger partial charge in [-0.15, -0.1) is 0 Å². The zero-order valence-corrected chi connectivity index (χ0v) is 12.5. The summed E-state index contributed by atoms with van der Waals surface area (Å²) in [4.78, 5) is 0. The van der Waals surface area contributed by atoms with Crippen LogP contribution in [-0.4, -0.2) is 0 Å². The van der Waals surface area contributed by atoms with Crippen LogP contribution in [0.1, 0.15) is 91.4 Å². The van der Waals surface area contributed by atoms with Crippen LogP contribution in [0.3, 0.4) is 0 Å². The second-order valence-corrected chi connectivity index (χ2v) is 6.54. The molecular formula is C17H34. The Labute approximate surface area is 110 Å². The molecule has 0 aromatic heterocycles. The summed E-state index contributed by atoms with van der Waals surface area (Å²) in [5, 5.41) is 0. The van der Waals surface area contributed by atoms with E-state index in [0.29, 0.717) is 0 Å². The fourth-order valence-electron chi connectivity index (χ4n) is 3.36. The Kier molecular flexibility index (Phi) is 7.97. The molecular weight excluding hydrogens is 204 g/mol. The van der Waals surface area contributed by atoms with Crippen LogP contribution < -0.4 is 0 Å². The summed E-state index contributed by atoms with van der Waals surface area (Å²) in [6, 6.07) is 0. The van der Waals surface area contributed by atoms with Gasteiger partial charge in [0.05, 0.1) is 0 Å². The highest BCUT2D eigenvalue weighted by Gasteiger charge is 2.21. The molecule has 102 valence electrons. The number of unbranched alkanes of at least 4 members (excludes halogenated alkanes) is 5. The summed E-state index contributed by atoms with van der Waals surface area (Å²) >= 11 is 0. The van der Waals surface area contributed by atoms with E-state index in [4.69, 9.17) is 0 Å². The van der Waals surface area contributed by atoms with E-state index in [9.17, 15) is 0 Å². The van der Waals surface area contributed by atoms with Crippen LogP contribution in [0.2, 0.25) is 0 Å². The van der Waals surface area contributed by atoms with Crippen molar-refractivity contribution < 1.29 is 0 Å². The Morgan fingerprint density at radius 2 is 1.53 bits per heavy atom. The van der Waals surface area contributed by atoms with Crippen molar-refractivity contribution in [2.24, 2.45) is 17.8 Å². The minimum atomic E-state index is 0.975. The number of hydrogen-bond acceptors (Lipinski definition) is 0. The molecule has 3 atom stereocenters. The predicted molar refractivity (Wildman–Crippen MR) is 78.3 cm³/mol. The van der Waals surface area contributed by atoms with Crippen LogP contribution in [0.5, 0.6) is 0 Å². The number of rotatable bonds is 7. The molecule has 0 spiro atoms. The average molecular weight is 238 g/mol. The summed E-state index contributed by atoms with van der Waals surface area (Å²) in [7, 11) is 0. The second-order valence-electron chi connectivity index (χ2n) is 6.54. The minimum Gasteiger partial charge on any atom is -0.0654 e. The molecule has 0 amide bonds.